The van der Waals surface area contributed by atoms with E-state index in [1.807, 2.05) is 16.9 Å². The van der Waals surface area contributed by atoms with E-state index < -0.39 is 0 Å². The number of hydrogen-bond donors (Lipinski definition) is 1. The van der Waals surface area contributed by atoms with E-state index in [1.54, 1.807) is 6.20 Å². The molecule has 0 radical (unpaired) electrons. The number of hydrogen-bond acceptors (Lipinski definition) is 2. The van der Waals surface area contributed by atoms with E-state index in [2.05, 4.69) is 41.0 Å². The summed E-state index contributed by atoms with van der Waals surface area (Å²) in [5.41, 5.74) is 4.62. The summed E-state index contributed by atoms with van der Waals surface area (Å²) in [6.07, 6.45) is 3.71. The van der Waals surface area contributed by atoms with Crippen LogP contribution in [0.4, 0.5) is 0 Å². The fourth-order valence-corrected chi connectivity index (χ4v) is 2.14. The first-order valence-electron chi connectivity index (χ1n) is 5.65. The number of aromatic nitrogens is 4. The van der Waals surface area contributed by atoms with Gasteiger partial charge in [-0.15, -0.1) is 0 Å². The lowest BCUT2D eigenvalue weighted by Crippen LogP contribution is -2.01. The maximum atomic E-state index is 4.61. The summed E-state index contributed by atoms with van der Waals surface area (Å²) in [5, 5.41) is 4.18. The Morgan fingerprint density at radius 1 is 1.29 bits per heavy atom. The van der Waals surface area contributed by atoms with Crippen LogP contribution in [0, 0.1) is 13.8 Å². The van der Waals surface area contributed by atoms with Crippen molar-refractivity contribution in [3.8, 4) is 0 Å². The smallest absolute Gasteiger partial charge is 0.129 e. The molecule has 0 saturated carbocycles. The Balaban J connectivity index is 2.05. The lowest BCUT2D eigenvalue weighted by atomic mass is 10.1. The Hall–Kier alpha value is -2.10. The first-order valence-corrected chi connectivity index (χ1v) is 5.65. The van der Waals surface area contributed by atoms with Gasteiger partial charge in [-0.2, -0.15) is 5.10 Å². The molecule has 1 N–H and O–H groups in total. The van der Waals surface area contributed by atoms with Gasteiger partial charge in [-0.05, 0) is 37.1 Å². The Bertz CT molecular complexity index is 649. The molecule has 3 aromatic rings. The zero-order valence-electron chi connectivity index (χ0n) is 9.94. The molecule has 0 spiro atoms. The molecule has 1 aromatic carbocycles. The number of aromatic amines is 1. The van der Waals surface area contributed by atoms with Crippen molar-refractivity contribution in [3.63, 3.8) is 0 Å². The summed E-state index contributed by atoms with van der Waals surface area (Å²) in [6.45, 7) is 4.87. The van der Waals surface area contributed by atoms with Crippen LogP contribution in [0.15, 0.2) is 30.6 Å². The fraction of sp³-hybridized carbons (Fsp3) is 0.231. The van der Waals surface area contributed by atoms with Crippen molar-refractivity contribution in [3.05, 3.63) is 47.5 Å². The Morgan fingerprint density at radius 3 is 2.94 bits per heavy atom. The van der Waals surface area contributed by atoms with Crippen molar-refractivity contribution in [1.82, 2.24) is 19.7 Å². The molecular weight excluding hydrogens is 212 g/mol. The van der Waals surface area contributed by atoms with Crippen LogP contribution in [0.25, 0.3) is 11.0 Å². The first-order chi connectivity index (χ1) is 8.22. The fourth-order valence-electron chi connectivity index (χ4n) is 2.14. The van der Waals surface area contributed by atoms with E-state index in [4.69, 9.17) is 0 Å². The van der Waals surface area contributed by atoms with Gasteiger partial charge in [-0.25, -0.2) is 4.98 Å². The number of fused-ring (bicyclic) bond motifs is 1. The minimum atomic E-state index is 0.681. The van der Waals surface area contributed by atoms with Crippen LogP contribution in [-0.4, -0.2) is 19.7 Å². The standard InChI is InChI=1S/C13H14N4/c1-9-6-10(2)13-11(7-9)15-12(16-13)8-17-5-3-4-14-17/h3-7H,8H2,1-2H3,(H,15,16). The van der Waals surface area contributed by atoms with Gasteiger partial charge in [-0.1, -0.05) is 6.07 Å². The maximum Gasteiger partial charge on any atom is 0.129 e. The molecule has 0 atom stereocenters. The lowest BCUT2D eigenvalue weighted by Gasteiger charge is -1.96. The van der Waals surface area contributed by atoms with E-state index in [1.165, 1.54) is 11.1 Å². The molecule has 2 aromatic heterocycles. The van der Waals surface area contributed by atoms with Crippen LogP contribution >= 0.6 is 0 Å². The van der Waals surface area contributed by atoms with Crippen LogP contribution in [0.1, 0.15) is 17.0 Å². The minimum absolute atomic E-state index is 0.681. The van der Waals surface area contributed by atoms with Crippen LogP contribution in [0.5, 0.6) is 0 Å². The zero-order chi connectivity index (χ0) is 11.8. The molecule has 17 heavy (non-hydrogen) atoms. The number of aryl methyl sites for hydroxylation is 2. The molecule has 0 aliphatic heterocycles. The third-order valence-corrected chi connectivity index (χ3v) is 2.84. The second-order valence-electron chi connectivity index (χ2n) is 4.37. The van der Waals surface area contributed by atoms with Gasteiger partial charge in [0.05, 0.1) is 17.6 Å². The third kappa shape index (κ3) is 1.82. The van der Waals surface area contributed by atoms with Crippen LogP contribution in [0.2, 0.25) is 0 Å². The minimum Gasteiger partial charge on any atom is -0.340 e. The molecule has 2 heterocycles. The largest absolute Gasteiger partial charge is 0.340 e. The predicted octanol–water partition coefficient (Wildman–Crippen LogP) is 2.42. The summed E-state index contributed by atoms with van der Waals surface area (Å²) in [6, 6.07) is 6.20. The number of benzene rings is 1. The highest BCUT2D eigenvalue weighted by molar-refractivity contribution is 5.79. The van der Waals surface area contributed by atoms with E-state index in [0.717, 1.165) is 16.9 Å². The number of nitrogens with one attached hydrogen (secondary N) is 1. The molecule has 0 bridgehead atoms. The van der Waals surface area contributed by atoms with E-state index in [9.17, 15) is 0 Å². The number of imidazole rings is 1. The third-order valence-electron chi connectivity index (χ3n) is 2.84. The highest BCUT2D eigenvalue weighted by Gasteiger charge is 2.06. The van der Waals surface area contributed by atoms with Crippen molar-refractivity contribution in [2.45, 2.75) is 20.4 Å². The molecule has 4 nitrogen and oxygen atoms in total. The van der Waals surface area contributed by atoms with Crippen molar-refractivity contribution >= 4 is 11.0 Å². The maximum absolute atomic E-state index is 4.61. The van der Waals surface area contributed by atoms with Gasteiger partial charge in [0.1, 0.15) is 5.82 Å². The van der Waals surface area contributed by atoms with Crippen LogP contribution < -0.4 is 0 Å². The van der Waals surface area contributed by atoms with Gasteiger partial charge in [-0.3, -0.25) is 4.68 Å². The quantitative estimate of drug-likeness (QED) is 0.729. The molecule has 86 valence electrons. The molecule has 0 aliphatic rings. The molecule has 0 saturated heterocycles. The molecular formula is C13H14N4. The zero-order valence-corrected chi connectivity index (χ0v) is 9.94. The summed E-state index contributed by atoms with van der Waals surface area (Å²) >= 11 is 0. The van der Waals surface area contributed by atoms with E-state index >= 15 is 0 Å². The summed E-state index contributed by atoms with van der Waals surface area (Å²) < 4.78 is 1.86. The summed E-state index contributed by atoms with van der Waals surface area (Å²) in [5.74, 6) is 0.942. The Labute approximate surface area is 99.3 Å². The van der Waals surface area contributed by atoms with Crippen LogP contribution in [-0.2, 0) is 6.54 Å². The van der Waals surface area contributed by atoms with Gasteiger partial charge in [0, 0.05) is 12.4 Å². The molecule has 0 fully saturated rings. The van der Waals surface area contributed by atoms with Crippen molar-refractivity contribution in [2.24, 2.45) is 0 Å². The average molecular weight is 226 g/mol. The van der Waals surface area contributed by atoms with Gasteiger partial charge < -0.3 is 4.98 Å². The topological polar surface area (TPSA) is 46.5 Å². The lowest BCUT2D eigenvalue weighted by molar-refractivity contribution is 0.663. The highest BCUT2D eigenvalue weighted by Crippen LogP contribution is 2.18. The van der Waals surface area contributed by atoms with Crippen molar-refractivity contribution < 1.29 is 0 Å². The number of H-pyrrole nitrogens is 1. The van der Waals surface area contributed by atoms with Gasteiger partial charge in [0.25, 0.3) is 0 Å². The second kappa shape index (κ2) is 3.73. The predicted molar refractivity (Wildman–Crippen MR) is 66.9 cm³/mol. The number of nitrogens with zero attached hydrogens (tertiary/aromatic N) is 3. The van der Waals surface area contributed by atoms with Crippen molar-refractivity contribution in [2.75, 3.05) is 0 Å². The highest BCUT2D eigenvalue weighted by atomic mass is 15.3. The first kappa shape index (κ1) is 10.1. The normalized spacial score (nSPS) is 11.2. The summed E-state index contributed by atoms with van der Waals surface area (Å²) in [4.78, 5) is 7.96. The van der Waals surface area contributed by atoms with Gasteiger partial charge in [0.15, 0.2) is 0 Å². The monoisotopic (exact) mass is 226 g/mol. The molecule has 0 amide bonds. The van der Waals surface area contributed by atoms with E-state index in [-0.39, 0.29) is 0 Å². The van der Waals surface area contributed by atoms with Gasteiger partial charge >= 0.3 is 0 Å². The number of rotatable bonds is 2. The summed E-state index contributed by atoms with van der Waals surface area (Å²) in [7, 11) is 0. The van der Waals surface area contributed by atoms with Crippen molar-refractivity contribution in [1.29, 1.82) is 0 Å². The van der Waals surface area contributed by atoms with Crippen LogP contribution in [0.3, 0.4) is 0 Å². The Kier molecular flexibility index (Phi) is 2.21. The average Bonchev–Trinajstić information content (AvgIpc) is 2.87. The molecule has 0 unspecified atom stereocenters. The second-order valence-corrected chi connectivity index (χ2v) is 4.37. The molecule has 0 aliphatic carbocycles. The Morgan fingerprint density at radius 2 is 2.18 bits per heavy atom. The molecule has 3 rings (SSSR count). The van der Waals surface area contributed by atoms with E-state index in [0.29, 0.717) is 6.54 Å². The SMILES string of the molecule is Cc1cc(C)c2nc(Cn3cccn3)[nH]c2c1. The van der Waals surface area contributed by atoms with Gasteiger partial charge in [0.2, 0.25) is 0 Å². The molecule has 4 heteroatoms.